The van der Waals surface area contributed by atoms with Gasteiger partial charge in [-0.25, -0.2) is 0 Å². The zero-order chi connectivity index (χ0) is 18.0. The van der Waals surface area contributed by atoms with Gasteiger partial charge in [-0.05, 0) is 46.5 Å². The van der Waals surface area contributed by atoms with Crippen molar-refractivity contribution >= 4 is 33.4 Å². The Kier molecular flexibility index (Phi) is 4.95. The number of nitrogens with zero attached hydrogens (tertiary/aromatic N) is 5. The average molecular weight is 426 g/mol. The van der Waals surface area contributed by atoms with Crippen molar-refractivity contribution in [1.29, 1.82) is 0 Å². The van der Waals surface area contributed by atoms with Crippen LogP contribution in [-0.2, 0) is 0 Å². The van der Waals surface area contributed by atoms with Gasteiger partial charge in [0.05, 0.1) is 22.6 Å². The normalized spacial score (nSPS) is 10.7. The Hall–Kier alpha value is -2.53. The predicted molar refractivity (Wildman–Crippen MR) is 90.6 cm³/mol. The van der Waals surface area contributed by atoms with Gasteiger partial charge in [0.1, 0.15) is 5.75 Å². The van der Waals surface area contributed by atoms with E-state index in [9.17, 15) is 14.5 Å². The first-order valence-corrected chi connectivity index (χ1v) is 8.34. The van der Waals surface area contributed by atoms with Crippen molar-refractivity contribution in [2.75, 3.05) is 7.11 Å². The van der Waals surface area contributed by atoms with Gasteiger partial charge >= 0.3 is 5.69 Å². The molecule has 0 N–H and O–H groups in total. The smallest absolute Gasteiger partial charge is 0.318 e. The van der Waals surface area contributed by atoms with Crippen molar-refractivity contribution in [1.82, 2.24) is 20.2 Å². The standard InChI is InChI=1S/C14H9BrFN5O3S/c1-24-10-6-11(16)13(21(22)23)12(7-10)25-14-17-18-19-20(14)9-4-2-8(15)3-5-9/h2-7H,1H3. The summed E-state index contributed by atoms with van der Waals surface area (Å²) in [5.41, 5.74) is -0.00197. The van der Waals surface area contributed by atoms with Gasteiger partial charge in [0.15, 0.2) is 0 Å². The van der Waals surface area contributed by atoms with E-state index in [0.29, 0.717) is 5.69 Å². The van der Waals surface area contributed by atoms with Gasteiger partial charge in [0.25, 0.3) is 0 Å². The van der Waals surface area contributed by atoms with E-state index in [1.807, 2.05) is 0 Å². The summed E-state index contributed by atoms with van der Waals surface area (Å²) in [5, 5.41) is 22.8. The lowest BCUT2D eigenvalue weighted by Gasteiger charge is -2.07. The summed E-state index contributed by atoms with van der Waals surface area (Å²) < 4.78 is 21.3. The number of benzene rings is 2. The van der Waals surface area contributed by atoms with Crippen molar-refractivity contribution in [3.8, 4) is 11.4 Å². The minimum Gasteiger partial charge on any atom is -0.497 e. The largest absolute Gasteiger partial charge is 0.497 e. The van der Waals surface area contributed by atoms with Crippen LogP contribution in [0.4, 0.5) is 10.1 Å². The van der Waals surface area contributed by atoms with E-state index in [4.69, 9.17) is 4.74 Å². The topological polar surface area (TPSA) is 96.0 Å². The average Bonchev–Trinajstić information content (AvgIpc) is 3.02. The molecular weight excluding hydrogens is 417 g/mol. The molecule has 1 heterocycles. The van der Waals surface area contributed by atoms with Gasteiger partial charge in [-0.1, -0.05) is 15.9 Å². The molecule has 2 aromatic carbocycles. The molecule has 0 bridgehead atoms. The third-order valence-corrected chi connectivity index (χ3v) is 4.63. The summed E-state index contributed by atoms with van der Waals surface area (Å²) in [6.07, 6.45) is 0. The number of hydrogen-bond donors (Lipinski definition) is 0. The maximum absolute atomic E-state index is 14.0. The highest BCUT2D eigenvalue weighted by molar-refractivity contribution is 9.10. The second-order valence-electron chi connectivity index (χ2n) is 4.66. The number of aromatic nitrogens is 4. The fraction of sp³-hybridized carbons (Fsp3) is 0.0714. The van der Waals surface area contributed by atoms with Gasteiger partial charge in [-0.3, -0.25) is 10.1 Å². The molecule has 3 rings (SSSR count). The molecule has 0 amide bonds. The van der Waals surface area contributed by atoms with Gasteiger partial charge < -0.3 is 4.74 Å². The summed E-state index contributed by atoms with van der Waals surface area (Å²) in [7, 11) is 1.35. The first kappa shape index (κ1) is 17.3. The van der Waals surface area contributed by atoms with E-state index in [1.165, 1.54) is 17.9 Å². The molecule has 8 nitrogen and oxygen atoms in total. The molecule has 0 radical (unpaired) electrons. The van der Waals surface area contributed by atoms with E-state index in [-0.39, 0.29) is 15.8 Å². The predicted octanol–water partition coefficient (Wildman–Crippen LogP) is 3.63. The summed E-state index contributed by atoms with van der Waals surface area (Å²) >= 11 is 4.21. The molecule has 0 aliphatic rings. The molecule has 3 aromatic rings. The summed E-state index contributed by atoms with van der Waals surface area (Å²) in [4.78, 5) is 10.5. The first-order valence-electron chi connectivity index (χ1n) is 6.73. The third-order valence-electron chi connectivity index (χ3n) is 3.13. The SMILES string of the molecule is COc1cc(F)c([N+](=O)[O-])c(Sc2nnnn2-c2ccc(Br)cc2)c1. The summed E-state index contributed by atoms with van der Waals surface area (Å²) in [6.45, 7) is 0. The lowest BCUT2D eigenvalue weighted by molar-refractivity contribution is -0.390. The molecule has 0 saturated heterocycles. The number of rotatable bonds is 5. The lowest BCUT2D eigenvalue weighted by atomic mass is 10.3. The molecule has 0 aliphatic heterocycles. The van der Waals surface area contributed by atoms with Crippen LogP contribution in [0.3, 0.4) is 0 Å². The van der Waals surface area contributed by atoms with Gasteiger partial charge in [0.2, 0.25) is 11.0 Å². The van der Waals surface area contributed by atoms with Crippen molar-refractivity contribution in [3.63, 3.8) is 0 Å². The van der Waals surface area contributed by atoms with Crippen LogP contribution in [0.25, 0.3) is 5.69 Å². The quantitative estimate of drug-likeness (QED) is 0.454. The fourth-order valence-electron chi connectivity index (χ4n) is 2.01. The molecule has 128 valence electrons. The zero-order valence-corrected chi connectivity index (χ0v) is 15.0. The van der Waals surface area contributed by atoms with E-state index < -0.39 is 16.4 Å². The second-order valence-corrected chi connectivity index (χ2v) is 6.59. The Bertz CT molecular complexity index is 935. The summed E-state index contributed by atoms with van der Waals surface area (Å²) in [6, 6.07) is 9.47. The van der Waals surface area contributed by atoms with Crippen LogP contribution >= 0.6 is 27.7 Å². The molecule has 0 aliphatic carbocycles. The van der Waals surface area contributed by atoms with E-state index >= 15 is 0 Å². The number of methoxy groups -OCH3 is 1. The Morgan fingerprint density at radius 3 is 2.68 bits per heavy atom. The van der Waals surface area contributed by atoms with Crippen molar-refractivity contribution < 1.29 is 14.1 Å². The zero-order valence-electron chi connectivity index (χ0n) is 12.6. The van der Waals surface area contributed by atoms with E-state index in [0.717, 1.165) is 22.3 Å². The van der Waals surface area contributed by atoms with Gasteiger partial charge in [-0.2, -0.15) is 9.07 Å². The van der Waals surface area contributed by atoms with Crippen molar-refractivity contribution in [2.45, 2.75) is 10.1 Å². The molecule has 0 atom stereocenters. The molecular formula is C14H9BrFN5O3S. The van der Waals surface area contributed by atoms with Crippen LogP contribution in [-0.4, -0.2) is 32.2 Å². The van der Waals surface area contributed by atoms with Crippen molar-refractivity contribution in [3.05, 3.63) is 56.8 Å². The molecule has 25 heavy (non-hydrogen) atoms. The Balaban J connectivity index is 2.04. The molecule has 1 aromatic heterocycles. The van der Waals surface area contributed by atoms with Crippen LogP contribution in [0.5, 0.6) is 5.75 Å². The fourth-order valence-corrected chi connectivity index (χ4v) is 3.22. The number of halogens is 2. The number of tetrazole rings is 1. The first-order chi connectivity index (χ1) is 12.0. The number of hydrogen-bond acceptors (Lipinski definition) is 7. The van der Waals surface area contributed by atoms with Crippen LogP contribution in [0, 0.1) is 15.9 Å². The van der Waals surface area contributed by atoms with E-state index in [2.05, 4.69) is 31.5 Å². The molecule has 0 unspecified atom stereocenters. The second kappa shape index (κ2) is 7.15. The van der Waals surface area contributed by atoms with Gasteiger partial charge in [0, 0.05) is 16.6 Å². The maximum Gasteiger partial charge on any atom is 0.318 e. The number of ether oxygens (including phenoxy) is 1. The monoisotopic (exact) mass is 425 g/mol. The lowest BCUT2D eigenvalue weighted by Crippen LogP contribution is -2.00. The molecule has 0 saturated carbocycles. The maximum atomic E-state index is 14.0. The minimum absolute atomic E-state index is 0.0370. The Labute approximate surface area is 153 Å². The minimum atomic E-state index is -0.991. The molecule has 0 fully saturated rings. The highest BCUT2D eigenvalue weighted by Crippen LogP contribution is 2.38. The Morgan fingerprint density at radius 2 is 2.04 bits per heavy atom. The summed E-state index contributed by atoms with van der Waals surface area (Å²) in [5.74, 6) is -0.831. The van der Waals surface area contributed by atoms with E-state index in [1.54, 1.807) is 24.3 Å². The van der Waals surface area contributed by atoms with Crippen LogP contribution in [0.15, 0.2) is 50.9 Å². The molecule has 11 heteroatoms. The van der Waals surface area contributed by atoms with Crippen molar-refractivity contribution in [2.24, 2.45) is 0 Å². The van der Waals surface area contributed by atoms with Crippen LogP contribution < -0.4 is 4.74 Å². The highest BCUT2D eigenvalue weighted by atomic mass is 79.9. The Morgan fingerprint density at radius 1 is 1.32 bits per heavy atom. The van der Waals surface area contributed by atoms with Crippen LogP contribution in [0.2, 0.25) is 0 Å². The number of nitro benzene ring substituents is 1. The van der Waals surface area contributed by atoms with Crippen LogP contribution in [0.1, 0.15) is 0 Å². The number of nitro groups is 1. The van der Waals surface area contributed by atoms with Gasteiger partial charge in [-0.15, -0.1) is 5.10 Å². The highest BCUT2D eigenvalue weighted by Gasteiger charge is 2.25. The third kappa shape index (κ3) is 3.61. The molecule has 0 spiro atoms.